The number of aromatic hydroxyl groups is 1. The van der Waals surface area contributed by atoms with Crippen LogP contribution in [0.15, 0.2) is 114 Å². The van der Waals surface area contributed by atoms with E-state index in [1.54, 1.807) is 24.3 Å². The molecule has 3 atom stereocenters. The van der Waals surface area contributed by atoms with E-state index in [2.05, 4.69) is 30.4 Å². The minimum absolute atomic E-state index is 0.0356. The van der Waals surface area contributed by atoms with Gasteiger partial charge in [-0.2, -0.15) is 10.5 Å². The number of pyridine rings is 2. The Hall–Kier alpha value is -7.37. The minimum Gasteiger partial charge on any atom is -0.506 e. The molecule has 0 bridgehead atoms. The zero-order chi connectivity index (χ0) is 51.8. The first-order chi connectivity index (χ1) is 36.1. The molecule has 8 rings (SSSR count). The van der Waals surface area contributed by atoms with Crippen LogP contribution in [0.4, 0.5) is 0 Å². The van der Waals surface area contributed by atoms with Crippen molar-refractivity contribution in [3.05, 3.63) is 147 Å². The summed E-state index contributed by atoms with van der Waals surface area (Å²) >= 11 is 6.34. The molecular formula is C58H61ClN8O7. The van der Waals surface area contributed by atoms with E-state index in [-0.39, 0.29) is 35.1 Å². The van der Waals surface area contributed by atoms with Crippen molar-refractivity contribution in [2.75, 3.05) is 72.3 Å². The zero-order valence-electron chi connectivity index (χ0n) is 41.8. The molecule has 16 heteroatoms. The van der Waals surface area contributed by atoms with Gasteiger partial charge in [0, 0.05) is 50.0 Å². The predicted octanol–water partition coefficient (Wildman–Crippen LogP) is 9.43. The van der Waals surface area contributed by atoms with Gasteiger partial charge in [0.1, 0.15) is 59.3 Å². The van der Waals surface area contributed by atoms with Gasteiger partial charge in [0.2, 0.25) is 0 Å². The Bertz CT molecular complexity index is 3060. The fraction of sp³-hybridized carbons (Fsp3) is 0.345. The molecular weight excluding hydrogens is 956 g/mol. The summed E-state index contributed by atoms with van der Waals surface area (Å²) in [7, 11) is 0. The molecule has 0 saturated carbocycles. The van der Waals surface area contributed by atoms with Gasteiger partial charge >= 0.3 is 0 Å². The highest BCUT2D eigenvalue weighted by Gasteiger charge is 2.25. The largest absolute Gasteiger partial charge is 0.506 e. The molecule has 0 spiro atoms. The van der Waals surface area contributed by atoms with Gasteiger partial charge in [-0.3, -0.25) is 19.4 Å². The van der Waals surface area contributed by atoms with Gasteiger partial charge in [-0.25, -0.2) is 9.97 Å². The molecule has 0 radical (unpaired) electrons. The van der Waals surface area contributed by atoms with E-state index in [9.17, 15) is 25.2 Å². The Kier molecular flexibility index (Phi) is 18.6. The normalized spacial score (nSPS) is 16.5. The van der Waals surface area contributed by atoms with Crippen LogP contribution >= 0.6 is 11.6 Å². The smallest absolute Gasteiger partial charge is 0.262 e. The van der Waals surface area contributed by atoms with Crippen LogP contribution in [-0.2, 0) is 19.1 Å². The number of nitrogens with one attached hydrogen (secondary N) is 2. The first-order valence-electron chi connectivity index (χ1n) is 25.2. The van der Waals surface area contributed by atoms with Crippen molar-refractivity contribution in [2.24, 2.45) is 0 Å². The molecule has 2 aliphatic heterocycles. The lowest BCUT2D eigenvalue weighted by Crippen LogP contribution is -2.40. The Labute approximate surface area is 437 Å². The number of hydrogen-bond acceptors (Lipinski definition) is 13. The Morgan fingerprint density at radius 2 is 1.27 bits per heavy atom. The fourth-order valence-corrected chi connectivity index (χ4v) is 9.35. The molecule has 382 valence electrons. The van der Waals surface area contributed by atoms with Crippen molar-refractivity contribution in [3.8, 4) is 29.4 Å². The molecule has 3 N–H and O–H groups in total. The van der Waals surface area contributed by atoms with E-state index in [1.807, 2.05) is 105 Å². The number of benzene rings is 4. The minimum atomic E-state index is -0.511. The fourth-order valence-electron chi connectivity index (χ4n) is 9.12. The second-order valence-corrected chi connectivity index (χ2v) is 18.7. The summed E-state index contributed by atoms with van der Waals surface area (Å²) in [5.41, 5.74) is 4.21. The molecule has 4 aromatic carbocycles. The van der Waals surface area contributed by atoms with E-state index in [0.717, 1.165) is 73.5 Å². The lowest BCUT2D eigenvalue weighted by atomic mass is 10.0. The van der Waals surface area contributed by atoms with E-state index in [4.69, 9.17) is 30.5 Å². The van der Waals surface area contributed by atoms with Crippen molar-refractivity contribution >= 4 is 57.4 Å². The van der Waals surface area contributed by atoms with Crippen LogP contribution in [0.1, 0.15) is 85.8 Å². The number of carbonyl (C=O) groups excluding carboxylic acids is 2. The molecule has 2 aliphatic rings. The van der Waals surface area contributed by atoms with Crippen molar-refractivity contribution in [1.82, 2.24) is 30.4 Å². The van der Waals surface area contributed by atoms with Crippen molar-refractivity contribution in [3.63, 3.8) is 0 Å². The SMILES string of the molecule is CCCC(NC(=O)/C(C#N)=C/c1ccc2cc(C3CN(CCOc4ccc(C(CCC)NC(=O)/C(C#N)=C/c5ccc6cccc(Cl)c6n5)cc4)CCO3)cc(O)c2n1)c1ccc(OCCN2CCOCC2)cc1. The van der Waals surface area contributed by atoms with E-state index in [1.165, 1.54) is 12.2 Å². The molecule has 15 nitrogen and oxygen atoms in total. The topological polar surface area (TPSA) is 195 Å². The van der Waals surface area contributed by atoms with Crippen molar-refractivity contribution < 1.29 is 33.6 Å². The third kappa shape index (κ3) is 14.0. The second kappa shape index (κ2) is 26.0. The van der Waals surface area contributed by atoms with Gasteiger partial charge in [0.25, 0.3) is 11.8 Å². The highest BCUT2D eigenvalue weighted by atomic mass is 35.5. The molecule has 2 fully saturated rings. The van der Waals surface area contributed by atoms with Crippen LogP contribution in [0.3, 0.4) is 0 Å². The number of morpholine rings is 2. The molecule has 4 heterocycles. The van der Waals surface area contributed by atoms with Gasteiger partial charge in [-0.15, -0.1) is 0 Å². The summed E-state index contributed by atoms with van der Waals surface area (Å²) in [6.45, 7) is 11.6. The van der Waals surface area contributed by atoms with Crippen LogP contribution < -0.4 is 20.1 Å². The van der Waals surface area contributed by atoms with E-state index in [0.29, 0.717) is 90.9 Å². The summed E-state index contributed by atoms with van der Waals surface area (Å²) in [4.78, 5) is 40.7. The molecule has 2 amide bonds. The quantitative estimate of drug-likeness (QED) is 0.0456. The first kappa shape index (κ1) is 52.9. The number of nitrogens with zero attached hydrogens (tertiary/aromatic N) is 6. The van der Waals surface area contributed by atoms with Gasteiger partial charge in [-0.1, -0.05) is 86.8 Å². The van der Waals surface area contributed by atoms with Gasteiger partial charge in [0.15, 0.2) is 0 Å². The molecule has 2 saturated heterocycles. The summed E-state index contributed by atoms with van der Waals surface area (Å²) in [5.74, 6) is 0.406. The Balaban J connectivity index is 0.830. The number of rotatable bonds is 21. The molecule has 3 unspecified atom stereocenters. The van der Waals surface area contributed by atoms with Crippen molar-refractivity contribution in [1.29, 1.82) is 10.5 Å². The maximum absolute atomic E-state index is 13.5. The first-order valence-corrected chi connectivity index (χ1v) is 25.6. The summed E-state index contributed by atoms with van der Waals surface area (Å²) in [6, 6.07) is 35.0. The van der Waals surface area contributed by atoms with Crippen LogP contribution in [0.5, 0.6) is 17.2 Å². The average molecular weight is 1020 g/mol. The lowest BCUT2D eigenvalue weighted by Gasteiger charge is -2.33. The van der Waals surface area contributed by atoms with Crippen LogP contribution in [0.25, 0.3) is 34.0 Å². The maximum atomic E-state index is 13.5. The molecule has 2 aromatic heterocycles. The highest BCUT2D eigenvalue weighted by Crippen LogP contribution is 2.32. The zero-order valence-corrected chi connectivity index (χ0v) is 42.5. The number of amides is 2. The Morgan fingerprint density at radius 3 is 1.84 bits per heavy atom. The maximum Gasteiger partial charge on any atom is 0.262 e. The third-order valence-electron chi connectivity index (χ3n) is 13.1. The van der Waals surface area contributed by atoms with Crippen LogP contribution in [-0.4, -0.2) is 109 Å². The number of carbonyl (C=O) groups is 2. The number of para-hydroxylation sites is 1. The number of aromatic nitrogens is 2. The summed E-state index contributed by atoms with van der Waals surface area (Å²) in [5, 5.41) is 39.4. The van der Waals surface area contributed by atoms with Crippen molar-refractivity contribution in [2.45, 2.75) is 57.7 Å². The number of halogens is 1. The van der Waals surface area contributed by atoms with Crippen LogP contribution in [0.2, 0.25) is 5.02 Å². The summed E-state index contributed by atoms with van der Waals surface area (Å²) in [6.07, 6.45) is 5.58. The lowest BCUT2D eigenvalue weighted by molar-refractivity contribution is -0.118. The molecule has 74 heavy (non-hydrogen) atoms. The molecule has 0 aliphatic carbocycles. The number of ether oxygens (including phenoxy) is 4. The number of nitriles is 2. The highest BCUT2D eigenvalue weighted by molar-refractivity contribution is 6.35. The molecule has 6 aromatic rings. The average Bonchev–Trinajstić information content (AvgIpc) is 3.42. The van der Waals surface area contributed by atoms with E-state index >= 15 is 0 Å². The van der Waals surface area contributed by atoms with E-state index < -0.39 is 11.8 Å². The van der Waals surface area contributed by atoms with Crippen LogP contribution in [0, 0.1) is 22.7 Å². The number of phenolic OH excluding ortho intramolecular Hbond substituents is 1. The number of hydrogen-bond donors (Lipinski definition) is 3. The van der Waals surface area contributed by atoms with Gasteiger partial charge < -0.3 is 34.7 Å². The van der Waals surface area contributed by atoms with Gasteiger partial charge in [0.05, 0.1) is 59.9 Å². The van der Waals surface area contributed by atoms with Gasteiger partial charge in [-0.05, 0) is 96.3 Å². The number of fused-ring (bicyclic) bond motifs is 2. The standard InChI is InChI=1S/C58H61ClN8O7/c1-3-6-51(64-57(69)44(36-60)33-46-16-10-41-8-5-9-50(59)55(41)62-46)40-14-20-49(21-15-40)73-30-25-67-26-31-74-54(38-67)43-32-42-11-17-47(63-56(42)53(68)35-43)34-45(37-61)58(70)65-52(7-4-2)39-12-18-48(19-13-39)72-29-24-66-22-27-71-28-23-66/h5,8-21,32-35,51-52,54,68H,3-4,6-7,22-31,38H2,1-2H3,(H,64,69)(H,65,70)/b44-33+,45-34+. The monoisotopic (exact) mass is 1020 g/mol. The second-order valence-electron chi connectivity index (χ2n) is 18.3. The summed E-state index contributed by atoms with van der Waals surface area (Å²) < 4.78 is 23.7. The third-order valence-corrected chi connectivity index (χ3v) is 13.4. The Morgan fingerprint density at radius 1 is 0.730 bits per heavy atom. The predicted molar refractivity (Wildman–Crippen MR) is 285 cm³/mol. The number of phenols is 1.